The fourth-order valence-corrected chi connectivity index (χ4v) is 4.39. The molecule has 3 rings (SSSR count). The van der Waals surface area contributed by atoms with Crippen molar-refractivity contribution < 1.29 is 23.2 Å². The molecule has 2 heterocycles. The van der Waals surface area contributed by atoms with Gasteiger partial charge >= 0.3 is 6.09 Å². The molecule has 1 aromatic carbocycles. The van der Waals surface area contributed by atoms with Crippen LogP contribution in [-0.2, 0) is 6.42 Å². The fraction of sp³-hybridized carbons (Fsp3) is 0.524. The molecule has 1 saturated heterocycles. The van der Waals surface area contributed by atoms with Crippen LogP contribution in [-0.4, -0.2) is 51.9 Å². The number of fused-ring (bicyclic) bond motifs is 1. The summed E-state index contributed by atoms with van der Waals surface area (Å²) in [5.74, 6) is -0.811. The van der Waals surface area contributed by atoms with Gasteiger partial charge in [0.15, 0.2) is 0 Å². The minimum absolute atomic E-state index is 0.0429. The third kappa shape index (κ3) is 4.09. The molecule has 0 radical (unpaired) electrons. The first-order chi connectivity index (χ1) is 13.1. The highest BCUT2D eigenvalue weighted by Crippen LogP contribution is 2.32. The van der Waals surface area contributed by atoms with Crippen LogP contribution in [0.1, 0.15) is 39.2 Å². The number of nitrogens with one attached hydrogen (secondary N) is 1. The van der Waals surface area contributed by atoms with Gasteiger partial charge in [-0.25, -0.2) is 13.6 Å². The summed E-state index contributed by atoms with van der Waals surface area (Å²) in [5, 5.41) is 12.1. The number of pyridine rings is 1. The van der Waals surface area contributed by atoms with E-state index in [1.54, 1.807) is 6.07 Å². The lowest BCUT2D eigenvalue weighted by Crippen LogP contribution is -2.65. The first kappa shape index (κ1) is 20.5. The zero-order valence-electron chi connectivity index (χ0n) is 16.6. The van der Waals surface area contributed by atoms with Crippen LogP contribution in [0.15, 0.2) is 24.4 Å². The normalized spacial score (nSPS) is 23.0. The maximum absolute atomic E-state index is 14.6. The molecule has 1 aromatic heterocycles. The molecule has 2 N–H and O–H groups in total. The van der Waals surface area contributed by atoms with Crippen LogP contribution in [0.5, 0.6) is 0 Å². The number of piperidine rings is 1. The van der Waals surface area contributed by atoms with E-state index in [2.05, 4.69) is 31.1 Å². The third-order valence-corrected chi connectivity index (χ3v) is 6.24. The standard InChI is InChI=1S/C21H27F2N3O2/c1-21(2,3)26(9-6-15(7-10-26)25-20(27)28)11-8-16-17-12-14(22)4-5-19(17)24-13-18(16)23/h4-5,12-13,15,25H,6-11H2,1-3H3/p+1. The maximum atomic E-state index is 14.6. The first-order valence-corrected chi connectivity index (χ1v) is 9.70. The molecular weight excluding hydrogens is 364 g/mol. The molecule has 1 fully saturated rings. The molecule has 1 amide bonds. The highest BCUT2D eigenvalue weighted by atomic mass is 19.1. The van der Waals surface area contributed by atoms with Gasteiger partial charge in [0.05, 0.1) is 36.9 Å². The molecule has 0 unspecified atom stereocenters. The highest BCUT2D eigenvalue weighted by molar-refractivity contribution is 5.82. The number of hydrogen-bond acceptors (Lipinski definition) is 2. The van der Waals surface area contributed by atoms with E-state index in [-0.39, 0.29) is 11.6 Å². The fourth-order valence-electron chi connectivity index (χ4n) is 4.39. The van der Waals surface area contributed by atoms with Crippen molar-refractivity contribution in [2.24, 2.45) is 0 Å². The molecule has 0 bridgehead atoms. The van der Waals surface area contributed by atoms with Gasteiger partial charge < -0.3 is 14.9 Å². The van der Waals surface area contributed by atoms with Crippen molar-refractivity contribution in [3.8, 4) is 0 Å². The predicted molar refractivity (Wildman–Crippen MR) is 104 cm³/mol. The average molecular weight is 392 g/mol. The van der Waals surface area contributed by atoms with Crippen molar-refractivity contribution in [3.05, 3.63) is 41.6 Å². The molecule has 1 aliphatic rings. The lowest BCUT2D eigenvalue weighted by Gasteiger charge is -2.52. The van der Waals surface area contributed by atoms with Crippen LogP contribution >= 0.6 is 0 Å². The Labute approximate surface area is 164 Å². The molecule has 0 atom stereocenters. The summed E-state index contributed by atoms with van der Waals surface area (Å²) in [6.45, 7) is 8.83. The number of hydrogen-bond donors (Lipinski definition) is 2. The second-order valence-corrected chi connectivity index (χ2v) is 8.71. The summed E-state index contributed by atoms with van der Waals surface area (Å²) in [4.78, 5) is 15.0. The average Bonchev–Trinajstić information content (AvgIpc) is 2.61. The first-order valence-electron chi connectivity index (χ1n) is 9.70. The molecule has 152 valence electrons. The van der Waals surface area contributed by atoms with Gasteiger partial charge in [-0.2, -0.15) is 0 Å². The molecule has 5 nitrogen and oxygen atoms in total. The predicted octanol–water partition coefficient (Wildman–Crippen LogP) is 4.10. The number of halogens is 2. The quantitative estimate of drug-likeness (QED) is 0.770. The van der Waals surface area contributed by atoms with Gasteiger partial charge in [0.1, 0.15) is 11.6 Å². The van der Waals surface area contributed by atoms with Crippen molar-refractivity contribution in [3.63, 3.8) is 0 Å². The van der Waals surface area contributed by atoms with E-state index in [1.807, 2.05) is 0 Å². The van der Waals surface area contributed by atoms with Crippen molar-refractivity contribution >= 4 is 17.0 Å². The van der Waals surface area contributed by atoms with Crippen LogP contribution < -0.4 is 5.32 Å². The number of benzene rings is 1. The Morgan fingerprint density at radius 2 is 1.96 bits per heavy atom. The van der Waals surface area contributed by atoms with E-state index in [4.69, 9.17) is 5.11 Å². The smallest absolute Gasteiger partial charge is 0.404 e. The van der Waals surface area contributed by atoms with Gasteiger partial charge in [-0.15, -0.1) is 0 Å². The van der Waals surface area contributed by atoms with E-state index in [0.29, 0.717) is 29.4 Å². The summed E-state index contributed by atoms with van der Waals surface area (Å²) in [6, 6.07) is 4.22. The minimum Gasteiger partial charge on any atom is -0.465 e. The summed E-state index contributed by atoms with van der Waals surface area (Å²) >= 11 is 0. The van der Waals surface area contributed by atoms with Crippen LogP contribution in [0.4, 0.5) is 13.6 Å². The van der Waals surface area contributed by atoms with Crippen LogP contribution in [0.2, 0.25) is 0 Å². The number of quaternary nitrogens is 1. The van der Waals surface area contributed by atoms with Crippen LogP contribution in [0.25, 0.3) is 10.9 Å². The van der Waals surface area contributed by atoms with E-state index in [0.717, 1.165) is 30.4 Å². The molecule has 1 aliphatic heterocycles. The van der Waals surface area contributed by atoms with Crippen molar-refractivity contribution in [1.29, 1.82) is 0 Å². The van der Waals surface area contributed by atoms with Gasteiger partial charge in [-0.05, 0) is 39.0 Å². The van der Waals surface area contributed by atoms with Gasteiger partial charge in [0.25, 0.3) is 0 Å². The monoisotopic (exact) mass is 392 g/mol. The minimum atomic E-state index is -0.992. The maximum Gasteiger partial charge on any atom is 0.404 e. The molecule has 2 aromatic rings. The lowest BCUT2D eigenvalue weighted by molar-refractivity contribution is -0.974. The van der Waals surface area contributed by atoms with E-state index in [9.17, 15) is 13.6 Å². The largest absolute Gasteiger partial charge is 0.465 e. The molecular formula is C21H28F2N3O2+. The summed E-state index contributed by atoms with van der Waals surface area (Å²) in [6.07, 6.45) is 2.19. The summed E-state index contributed by atoms with van der Waals surface area (Å²) < 4.78 is 29.1. The van der Waals surface area contributed by atoms with Gasteiger partial charge in [-0.3, -0.25) is 4.98 Å². The summed E-state index contributed by atoms with van der Waals surface area (Å²) in [7, 11) is 0. The Balaban J connectivity index is 1.85. The van der Waals surface area contributed by atoms with Gasteiger partial charge in [0.2, 0.25) is 0 Å². The number of amides is 1. The molecule has 7 heteroatoms. The Morgan fingerprint density at radius 1 is 1.29 bits per heavy atom. The van der Waals surface area contributed by atoms with Crippen LogP contribution in [0, 0.1) is 11.6 Å². The molecule has 0 aliphatic carbocycles. The second-order valence-electron chi connectivity index (χ2n) is 8.71. The molecule has 28 heavy (non-hydrogen) atoms. The van der Waals surface area contributed by atoms with Gasteiger partial charge in [-0.1, -0.05) is 0 Å². The Morgan fingerprint density at radius 3 is 2.57 bits per heavy atom. The number of carbonyl (C=O) groups is 1. The summed E-state index contributed by atoms with van der Waals surface area (Å²) in [5.41, 5.74) is 1.01. The number of carboxylic acid groups (broad SMARTS) is 1. The highest BCUT2D eigenvalue weighted by Gasteiger charge is 2.43. The van der Waals surface area contributed by atoms with E-state index >= 15 is 0 Å². The topological polar surface area (TPSA) is 62.2 Å². The molecule has 0 saturated carbocycles. The third-order valence-electron chi connectivity index (χ3n) is 6.24. The van der Waals surface area contributed by atoms with Crippen LogP contribution in [0.3, 0.4) is 0 Å². The SMILES string of the molecule is CC(C)(C)[N+]1(CCc2c(F)cnc3ccc(F)cc23)CCC(NC(=O)O)CC1. The number of nitrogens with zero attached hydrogens (tertiary/aromatic N) is 2. The zero-order valence-corrected chi connectivity index (χ0v) is 16.6. The van der Waals surface area contributed by atoms with Crippen molar-refractivity contribution in [2.45, 2.75) is 51.6 Å². The number of aromatic nitrogens is 1. The van der Waals surface area contributed by atoms with E-state index in [1.165, 1.54) is 18.3 Å². The number of likely N-dealkylation sites (tertiary alicyclic amines) is 1. The Hall–Kier alpha value is -2.28. The zero-order chi connectivity index (χ0) is 20.5. The Bertz CT molecular complexity index is 867. The number of rotatable bonds is 4. The van der Waals surface area contributed by atoms with E-state index < -0.39 is 17.7 Å². The lowest BCUT2D eigenvalue weighted by atomic mass is 9.91. The second kappa shape index (κ2) is 7.62. The Kier molecular flexibility index (Phi) is 5.57. The van der Waals surface area contributed by atoms with Gasteiger partial charge in [0, 0.05) is 36.3 Å². The van der Waals surface area contributed by atoms with Crippen molar-refractivity contribution in [1.82, 2.24) is 10.3 Å². The van der Waals surface area contributed by atoms with Crippen molar-refractivity contribution in [2.75, 3.05) is 19.6 Å². The molecule has 0 spiro atoms.